The number of hydrogen-bond acceptors (Lipinski definition) is 3. The maximum Gasteiger partial charge on any atom is 0.410 e. The highest BCUT2D eigenvalue weighted by atomic mass is 16.6. The van der Waals surface area contributed by atoms with E-state index in [9.17, 15) is 9.90 Å². The van der Waals surface area contributed by atoms with E-state index in [2.05, 4.69) is 0 Å². The van der Waals surface area contributed by atoms with Crippen LogP contribution in [0.25, 0.3) is 0 Å². The fourth-order valence-electron chi connectivity index (χ4n) is 1.82. The van der Waals surface area contributed by atoms with Crippen molar-refractivity contribution >= 4 is 6.09 Å². The highest BCUT2D eigenvalue weighted by Crippen LogP contribution is 2.13. The van der Waals surface area contributed by atoms with Crippen LogP contribution in [-0.4, -0.2) is 34.3 Å². The van der Waals surface area contributed by atoms with Crippen molar-refractivity contribution in [3.63, 3.8) is 0 Å². The van der Waals surface area contributed by atoms with Crippen LogP contribution in [-0.2, 0) is 11.3 Å². The lowest BCUT2D eigenvalue weighted by Crippen LogP contribution is -2.36. The number of rotatable bonds is 6. The molecule has 0 spiro atoms. The molecule has 0 heterocycles. The number of benzene rings is 1. The van der Waals surface area contributed by atoms with Crippen LogP contribution < -0.4 is 0 Å². The summed E-state index contributed by atoms with van der Waals surface area (Å²) in [6, 6.07) is 9.78. The van der Waals surface area contributed by atoms with Crippen molar-refractivity contribution < 1.29 is 14.6 Å². The van der Waals surface area contributed by atoms with Gasteiger partial charge in [-0.3, -0.25) is 0 Å². The molecule has 0 aliphatic rings. The maximum absolute atomic E-state index is 12.3. The zero-order valence-electron chi connectivity index (χ0n) is 14.0. The molecule has 0 bridgehead atoms. The Kier molecular flexibility index (Phi) is 7.12. The molecule has 1 amide bonds. The zero-order chi connectivity index (χ0) is 16.6. The van der Waals surface area contributed by atoms with E-state index in [4.69, 9.17) is 4.74 Å². The van der Waals surface area contributed by atoms with Crippen LogP contribution >= 0.6 is 0 Å². The average Bonchev–Trinajstić information content (AvgIpc) is 2.45. The van der Waals surface area contributed by atoms with Crippen LogP contribution in [0.15, 0.2) is 42.5 Å². The molecule has 122 valence electrons. The highest BCUT2D eigenvalue weighted by molar-refractivity contribution is 5.68. The van der Waals surface area contributed by atoms with Crippen LogP contribution in [0.5, 0.6) is 0 Å². The molecule has 4 heteroatoms. The molecular weight excluding hydrogens is 278 g/mol. The van der Waals surface area contributed by atoms with Gasteiger partial charge in [0, 0.05) is 13.1 Å². The monoisotopic (exact) mass is 305 g/mol. The van der Waals surface area contributed by atoms with Crippen molar-refractivity contribution in [1.29, 1.82) is 0 Å². The van der Waals surface area contributed by atoms with E-state index in [1.54, 1.807) is 17.1 Å². The summed E-state index contributed by atoms with van der Waals surface area (Å²) < 4.78 is 5.45. The molecule has 0 fully saturated rings. The summed E-state index contributed by atoms with van der Waals surface area (Å²) in [5.74, 6) is 0. The van der Waals surface area contributed by atoms with Gasteiger partial charge in [-0.25, -0.2) is 4.79 Å². The van der Waals surface area contributed by atoms with Crippen LogP contribution in [0, 0.1) is 0 Å². The number of carbonyl (C=O) groups is 1. The summed E-state index contributed by atoms with van der Waals surface area (Å²) in [5.41, 5.74) is 0.511. The number of amides is 1. The van der Waals surface area contributed by atoms with Gasteiger partial charge in [0.05, 0.1) is 6.10 Å². The Morgan fingerprint density at radius 2 is 1.95 bits per heavy atom. The van der Waals surface area contributed by atoms with Gasteiger partial charge < -0.3 is 14.7 Å². The molecule has 0 saturated carbocycles. The van der Waals surface area contributed by atoms with Crippen LogP contribution in [0.3, 0.4) is 0 Å². The van der Waals surface area contributed by atoms with Gasteiger partial charge in [-0.2, -0.15) is 0 Å². The standard InChI is InChI=1S/C18H27NO3/c1-5-16(20)12-9-13-19(17(21)22-18(2,3)4)14-15-10-7-6-8-11-15/h6-12,16,20H,5,13-14H2,1-4H3/b12-9+/t16-/m0/s1. The van der Waals surface area contributed by atoms with Crippen LogP contribution in [0.4, 0.5) is 4.79 Å². The number of carbonyl (C=O) groups excluding carboxylic acids is 1. The maximum atomic E-state index is 12.3. The van der Waals surface area contributed by atoms with E-state index < -0.39 is 11.7 Å². The smallest absolute Gasteiger partial charge is 0.410 e. The molecule has 0 aliphatic heterocycles. The minimum atomic E-state index is -0.529. The molecular formula is C18H27NO3. The van der Waals surface area contributed by atoms with Gasteiger partial charge in [-0.05, 0) is 32.8 Å². The molecule has 1 aromatic rings. The Morgan fingerprint density at radius 1 is 1.32 bits per heavy atom. The number of hydrogen-bond donors (Lipinski definition) is 1. The molecule has 0 saturated heterocycles. The predicted octanol–water partition coefficient (Wildman–Crippen LogP) is 3.75. The molecule has 1 aromatic carbocycles. The third-order valence-electron chi connectivity index (χ3n) is 2.97. The van der Waals surface area contributed by atoms with Crippen LogP contribution in [0.1, 0.15) is 39.7 Å². The topological polar surface area (TPSA) is 49.8 Å². The first-order chi connectivity index (χ1) is 10.3. The lowest BCUT2D eigenvalue weighted by Gasteiger charge is -2.26. The number of aliphatic hydroxyl groups excluding tert-OH is 1. The van der Waals surface area contributed by atoms with Gasteiger partial charge >= 0.3 is 6.09 Å². The molecule has 1 N–H and O–H groups in total. The summed E-state index contributed by atoms with van der Waals surface area (Å²) in [7, 11) is 0. The largest absolute Gasteiger partial charge is 0.444 e. The third-order valence-corrected chi connectivity index (χ3v) is 2.97. The first kappa shape index (κ1) is 18.2. The molecule has 22 heavy (non-hydrogen) atoms. The van der Waals surface area contributed by atoms with Crippen molar-refractivity contribution in [2.75, 3.05) is 6.54 Å². The quantitative estimate of drug-likeness (QED) is 0.814. The first-order valence-corrected chi connectivity index (χ1v) is 7.68. The van der Waals surface area contributed by atoms with Crippen molar-refractivity contribution in [2.24, 2.45) is 0 Å². The molecule has 0 radical (unpaired) electrons. The van der Waals surface area contributed by atoms with E-state index in [1.807, 2.05) is 58.0 Å². The summed E-state index contributed by atoms with van der Waals surface area (Å²) in [5, 5.41) is 9.56. The fraction of sp³-hybridized carbons (Fsp3) is 0.500. The van der Waals surface area contributed by atoms with Crippen LogP contribution in [0.2, 0.25) is 0 Å². The molecule has 0 unspecified atom stereocenters. The highest BCUT2D eigenvalue weighted by Gasteiger charge is 2.21. The van der Waals surface area contributed by atoms with Crippen molar-refractivity contribution in [3.05, 3.63) is 48.0 Å². The summed E-state index contributed by atoms with van der Waals surface area (Å²) in [6.45, 7) is 8.33. The summed E-state index contributed by atoms with van der Waals surface area (Å²) in [4.78, 5) is 13.9. The lowest BCUT2D eigenvalue weighted by molar-refractivity contribution is 0.0256. The Labute approximate surface area is 133 Å². The third kappa shape index (κ3) is 7.27. The van der Waals surface area contributed by atoms with Crippen molar-refractivity contribution in [3.8, 4) is 0 Å². The SMILES string of the molecule is CC[C@H](O)/C=C/CN(Cc1ccccc1)C(=O)OC(C)(C)C. The Morgan fingerprint density at radius 3 is 2.50 bits per heavy atom. The van der Waals surface area contributed by atoms with Gasteiger partial charge in [-0.15, -0.1) is 0 Å². The van der Waals surface area contributed by atoms with E-state index in [-0.39, 0.29) is 6.09 Å². The number of nitrogens with zero attached hydrogens (tertiary/aromatic N) is 1. The van der Waals surface area contributed by atoms with E-state index in [0.717, 1.165) is 5.56 Å². The summed E-state index contributed by atoms with van der Waals surface area (Å²) >= 11 is 0. The Hall–Kier alpha value is -1.81. The minimum Gasteiger partial charge on any atom is -0.444 e. The zero-order valence-corrected chi connectivity index (χ0v) is 14.0. The molecule has 4 nitrogen and oxygen atoms in total. The van der Waals surface area contributed by atoms with Gasteiger partial charge in [0.25, 0.3) is 0 Å². The molecule has 0 aromatic heterocycles. The second-order valence-electron chi connectivity index (χ2n) is 6.25. The average molecular weight is 305 g/mol. The second kappa shape index (κ2) is 8.59. The van der Waals surface area contributed by atoms with Crippen molar-refractivity contribution in [2.45, 2.75) is 52.4 Å². The molecule has 1 rings (SSSR count). The van der Waals surface area contributed by atoms with Crippen molar-refractivity contribution in [1.82, 2.24) is 4.90 Å². The molecule has 1 atom stereocenters. The van der Waals surface area contributed by atoms with E-state index in [1.165, 1.54) is 0 Å². The molecule has 0 aliphatic carbocycles. The van der Waals surface area contributed by atoms with Gasteiger partial charge in [0.1, 0.15) is 5.60 Å². The Balaban J connectivity index is 2.76. The van der Waals surface area contributed by atoms with Gasteiger partial charge in [-0.1, -0.05) is 49.4 Å². The van der Waals surface area contributed by atoms with Gasteiger partial charge in [0.15, 0.2) is 0 Å². The van der Waals surface area contributed by atoms with E-state index >= 15 is 0 Å². The number of ether oxygens (including phenoxy) is 1. The van der Waals surface area contributed by atoms with Gasteiger partial charge in [0.2, 0.25) is 0 Å². The normalized spacial score (nSPS) is 13.1. The fourth-order valence-corrected chi connectivity index (χ4v) is 1.82. The number of aliphatic hydroxyl groups is 1. The Bertz CT molecular complexity index is 477. The first-order valence-electron chi connectivity index (χ1n) is 7.68. The minimum absolute atomic E-state index is 0.355. The lowest BCUT2D eigenvalue weighted by atomic mass is 10.2. The summed E-state index contributed by atoms with van der Waals surface area (Å²) in [6.07, 6.45) is 3.34. The van der Waals surface area contributed by atoms with E-state index in [0.29, 0.717) is 19.5 Å². The second-order valence-corrected chi connectivity index (χ2v) is 6.25. The predicted molar refractivity (Wildman–Crippen MR) is 88.5 cm³/mol.